The van der Waals surface area contributed by atoms with Gasteiger partial charge in [-0.2, -0.15) is 0 Å². The van der Waals surface area contributed by atoms with Gasteiger partial charge in [-0.3, -0.25) is 14.4 Å². The Kier molecular flexibility index (Phi) is 9.94. The Morgan fingerprint density at radius 3 is 1.90 bits per heavy atom. The van der Waals surface area contributed by atoms with E-state index < -0.39 is 21.8 Å². The summed E-state index contributed by atoms with van der Waals surface area (Å²) in [7, 11) is -2.24. The summed E-state index contributed by atoms with van der Waals surface area (Å²) >= 11 is 0. The van der Waals surface area contributed by atoms with Gasteiger partial charge in [0.25, 0.3) is 5.91 Å². The lowest BCUT2D eigenvalue weighted by molar-refractivity contribution is -0.120. The molecule has 0 saturated heterocycles. The molecule has 2 aliphatic carbocycles. The average molecular weight is 680 g/mol. The number of aryl methyl sites for hydroxylation is 1. The van der Waals surface area contributed by atoms with Crippen molar-refractivity contribution in [2.24, 2.45) is 16.6 Å². The van der Waals surface area contributed by atoms with Crippen LogP contribution in [-0.4, -0.2) is 49.8 Å². The predicted octanol–water partition coefficient (Wildman–Crippen LogP) is 6.21. The lowest BCUT2D eigenvalue weighted by Crippen LogP contribution is -2.38. The Morgan fingerprint density at radius 2 is 1.44 bits per heavy atom. The summed E-state index contributed by atoms with van der Waals surface area (Å²) in [5.74, 6) is 0.115. The van der Waals surface area contributed by atoms with E-state index >= 15 is 0 Å². The number of amides is 1. The molecule has 2 heterocycles. The van der Waals surface area contributed by atoms with Gasteiger partial charge in [0, 0.05) is 53.5 Å². The number of ketones is 2. The molecule has 10 nitrogen and oxygen atoms in total. The Bertz CT molecular complexity index is 1800. The average Bonchev–Trinajstić information content (AvgIpc) is 2.88. The van der Waals surface area contributed by atoms with Gasteiger partial charge in [-0.25, -0.2) is 18.1 Å². The summed E-state index contributed by atoms with van der Waals surface area (Å²) < 4.78 is 37.8. The van der Waals surface area contributed by atoms with Crippen LogP contribution in [0.15, 0.2) is 46.9 Å². The van der Waals surface area contributed by atoms with E-state index in [0.717, 1.165) is 11.8 Å². The molecule has 1 amide bonds. The first-order valence-corrected chi connectivity index (χ1v) is 18.0. The first-order chi connectivity index (χ1) is 21.9. The highest BCUT2D eigenvalue weighted by Crippen LogP contribution is 2.55. The molecule has 2 aromatic rings. The maximum atomic E-state index is 13.9. The number of carbonyl (C=O) groups excluding carboxylic acids is 3. The molecule has 0 saturated carbocycles. The quantitative estimate of drug-likeness (QED) is 0.375. The van der Waals surface area contributed by atoms with Crippen LogP contribution in [-0.2, 0) is 24.3 Å². The van der Waals surface area contributed by atoms with Gasteiger partial charge >= 0.3 is 0 Å². The van der Waals surface area contributed by atoms with Crippen molar-refractivity contribution in [2.75, 3.05) is 13.4 Å². The van der Waals surface area contributed by atoms with Gasteiger partial charge in [0.15, 0.2) is 11.6 Å². The number of Topliss-reactive ketones (excluding diaryl/α,β-unsaturated/α-hetero) is 2. The molecule has 0 radical (unpaired) electrons. The summed E-state index contributed by atoms with van der Waals surface area (Å²) in [4.78, 5) is 45.1. The van der Waals surface area contributed by atoms with Crippen molar-refractivity contribution >= 4 is 27.5 Å². The maximum absolute atomic E-state index is 13.9. The monoisotopic (exact) mass is 679 g/mol. The van der Waals surface area contributed by atoms with Gasteiger partial charge in [0.2, 0.25) is 10.0 Å². The number of rotatable bonds is 5. The second-order valence-electron chi connectivity index (χ2n) is 15.9. The number of ether oxygens (including phenoxy) is 2. The van der Waals surface area contributed by atoms with Gasteiger partial charge in [-0.1, -0.05) is 33.8 Å². The molecule has 0 bridgehead atoms. The number of nitrogens with one attached hydrogen (secondary N) is 1. The lowest BCUT2D eigenvalue weighted by Gasteiger charge is -2.43. The van der Waals surface area contributed by atoms with Gasteiger partial charge in [0.1, 0.15) is 23.0 Å². The van der Waals surface area contributed by atoms with Crippen molar-refractivity contribution in [3.8, 4) is 17.0 Å². The molecular formula is C37H49N3O7S. The lowest BCUT2D eigenvalue weighted by atomic mass is 9.65. The standard InChI is InChI=1S/C33H38N2O7S.C4H11N/c1-17-9-11-20(34-30(17)31(38)35-43(8,39)40)19-10-12-23(41-7)26(18(19)2)29-27-21(36)13-32(3,4)15-24(27)42-25-16-33(5,6)14-22(37)28(25)29;1-4(2,3)5/h9-12,29H,13-16H2,1-8H3,(H,35,38);5H2,1-3H3. The van der Waals surface area contributed by atoms with E-state index in [9.17, 15) is 22.8 Å². The van der Waals surface area contributed by atoms with Crippen LogP contribution in [0, 0.1) is 24.7 Å². The second-order valence-corrected chi connectivity index (χ2v) is 17.6. The fourth-order valence-corrected chi connectivity index (χ4v) is 7.04. The Morgan fingerprint density at radius 1 is 0.938 bits per heavy atom. The SMILES string of the molecule is CC(C)(C)N.COc1ccc(-c2ccc(C)c(C(=O)NS(C)(=O)=O)n2)c(C)c1C1C2=C(CC(C)(C)CC2=O)OC2=C1C(=O)CC(C)(C)C2. The third kappa shape index (κ3) is 8.23. The molecule has 3 N–H and O–H groups in total. The molecule has 3 aliphatic rings. The number of benzene rings is 1. The fraction of sp³-hybridized carbons (Fsp3) is 0.514. The third-order valence-corrected chi connectivity index (χ3v) is 8.99. The summed E-state index contributed by atoms with van der Waals surface area (Å²) in [6, 6.07) is 7.06. The highest BCUT2D eigenvalue weighted by molar-refractivity contribution is 7.89. The maximum Gasteiger partial charge on any atom is 0.283 e. The minimum Gasteiger partial charge on any atom is -0.496 e. The summed E-state index contributed by atoms with van der Waals surface area (Å²) in [6.45, 7) is 17.6. The molecule has 1 aromatic carbocycles. The van der Waals surface area contributed by atoms with Crippen LogP contribution in [0.1, 0.15) is 107 Å². The Hall–Kier alpha value is -3.83. The number of hydrogen-bond acceptors (Lipinski definition) is 9. The van der Waals surface area contributed by atoms with Gasteiger partial charge in [-0.05, 0) is 74.8 Å². The van der Waals surface area contributed by atoms with Crippen molar-refractivity contribution < 1.29 is 32.3 Å². The molecular weight excluding hydrogens is 630 g/mol. The van der Waals surface area contributed by atoms with E-state index in [1.54, 1.807) is 32.2 Å². The zero-order valence-electron chi connectivity index (χ0n) is 30.0. The molecule has 0 atom stereocenters. The van der Waals surface area contributed by atoms with Crippen molar-refractivity contribution in [3.63, 3.8) is 0 Å². The first kappa shape index (κ1) is 37.0. The summed E-state index contributed by atoms with van der Waals surface area (Å²) in [5.41, 5.74) is 8.76. The minimum absolute atomic E-state index is 0. The van der Waals surface area contributed by atoms with Crippen LogP contribution < -0.4 is 15.2 Å². The van der Waals surface area contributed by atoms with Crippen molar-refractivity contribution in [1.29, 1.82) is 0 Å². The highest BCUT2D eigenvalue weighted by Gasteiger charge is 2.49. The predicted molar refractivity (Wildman–Crippen MR) is 186 cm³/mol. The van der Waals surface area contributed by atoms with Crippen molar-refractivity contribution in [1.82, 2.24) is 9.71 Å². The molecule has 0 unspecified atom stereocenters. The molecule has 5 rings (SSSR count). The van der Waals surface area contributed by atoms with Crippen LogP contribution in [0.25, 0.3) is 11.3 Å². The smallest absolute Gasteiger partial charge is 0.283 e. The zero-order chi connectivity index (χ0) is 36.1. The normalized spacial score (nSPS) is 19.1. The molecule has 0 fully saturated rings. The summed E-state index contributed by atoms with van der Waals surface area (Å²) in [6.07, 6.45) is 2.69. The molecule has 260 valence electrons. The number of allylic oxidation sites excluding steroid dienone is 4. The third-order valence-electron chi connectivity index (χ3n) is 8.43. The van der Waals surface area contributed by atoms with Crippen LogP contribution >= 0.6 is 0 Å². The van der Waals surface area contributed by atoms with E-state index in [2.05, 4.69) is 4.98 Å². The Labute approximate surface area is 284 Å². The molecule has 1 aromatic heterocycles. The van der Waals surface area contributed by atoms with E-state index in [1.165, 1.54) is 0 Å². The largest absolute Gasteiger partial charge is 0.496 e. The van der Waals surface area contributed by atoms with E-state index in [1.807, 2.05) is 66.2 Å². The highest BCUT2D eigenvalue weighted by atomic mass is 32.2. The second kappa shape index (κ2) is 12.9. The van der Waals surface area contributed by atoms with Gasteiger partial charge < -0.3 is 15.2 Å². The number of carbonyl (C=O) groups is 3. The van der Waals surface area contributed by atoms with Gasteiger partial charge in [-0.15, -0.1) is 0 Å². The topological polar surface area (TPSA) is 155 Å². The number of hydrogen-bond donors (Lipinski definition) is 2. The number of methoxy groups -OCH3 is 1. The first-order valence-electron chi connectivity index (χ1n) is 16.1. The number of aromatic nitrogens is 1. The molecule has 0 spiro atoms. The van der Waals surface area contributed by atoms with E-state index in [-0.39, 0.29) is 33.6 Å². The van der Waals surface area contributed by atoms with Crippen LogP contribution in [0.2, 0.25) is 0 Å². The van der Waals surface area contributed by atoms with Gasteiger partial charge in [0.05, 0.1) is 25.0 Å². The number of pyridine rings is 1. The Balaban J connectivity index is 0.000000968. The molecule has 1 aliphatic heterocycles. The van der Waals surface area contributed by atoms with Crippen LogP contribution in [0.3, 0.4) is 0 Å². The van der Waals surface area contributed by atoms with Crippen LogP contribution in [0.4, 0.5) is 0 Å². The van der Waals surface area contributed by atoms with E-state index in [0.29, 0.717) is 76.5 Å². The molecule has 11 heteroatoms. The van der Waals surface area contributed by atoms with Crippen molar-refractivity contribution in [3.05, 3.63) is 69.3 Å². The number of sulfonamides is 1. The minimum atomic E-state index is -3.80. The zero-order valence-corrected chi connectivity index (χ0v) is 30.8. The van der Waals surface area contributed by atoms with Crippen LogP contribution in [0.5, 0.6) is 5.75 Å². The number of nitrogens with zero attached hydrogens (tertiary/aromatic N) is 1. The fourth-order valence-electron chi connectivity index (χ4n) is 6.61. The summed E-state index contributed by atoms with van der Waals surface area (Å²) in [5, 5.41) is 0. The number of nitrogens with two attached hydrogens (primary N) is 1. The van der Waals surface area contributed by atoms with E-state index in [4.69, 9.17) is 15.2 Å². The molecule has 48 heavy (non-hydrogen) atoms. The van der Waals surface area contributed by atoms with Crippen molar-refractivity contribution in [2.45, 2.75) is 99.5 Å².